The number of fused-ring (bicyclic) bond motifs is 1. The highest BCUT2D eigenvalue weighted by molar-refractivity contribution is 7.92. The second-order valence-electron chi connectivity index (χ2n) is 6.38. The van der Waals surface area contributed by atoms with Crippen LogP contribution in [-0.4, -0.2) is 19.0 Å². The normalized spacial score (nSPS) is 19.2. The first-order valence-electron chi connectivity index (χ1n) is 8.00. The van der Waals surface area contributed by atoms with Gasteiger partial charge in [-0.15, -0.1) is 0 Å². The summed E-state index contributed by atoms with van der Waals surface area (Å²) in [6.45, 7) is 1.60. The Kier molecular flexibility index (Phi) is 4.85. The van der Waals surface area contributed by atoms with E-state index in [1.54, 1.807) is 13.0 Å². The van der Waals surface area contributed by atoms with Gasteiger partial charge in [0, 0.05) is 17.2 Å². The Morgan fingerprint density at radius 1 is 1.21 bits per heavy atom. The summed E-state index contributed by atoms with van der Waals surface area (Å²) in [4.78, 5) is -1.03. The number of aliphatic hydroxyl groups is 1. The topological polar surface area (TPSA) is 87.4 Å². The second kappa shape index (κ2) is 6.76. The summed E-state index contributed by atoms with van der Waals surface area (Å²) in [6.07, 6.45) is -1.43. The average Bonchev–Trinajstić information content (AvgIpc) is 2.88. The van der Waals surface area contributed by atoms with Crippen molar-refractivity contribution in [3.05, 3.63) is 52.8 Å². The first kappa shape index (κ1) is 20.1. The summed E-state index contributed by atoms with van der Waals surface area (Å²) >= 11 is 0. The van der Waals surface area contributed by atoms with Crippen molar-refractivity contribution in [2.24, 2.45) is 0 Å². The lowest BCUT2D eigenvalue weighted by Gasteiger charge is -2.18. The summed E-state index contributed by atoms with van der Waals surface area (Å²) in [5.74, 6) is -1.36. The van der Waals surface area contributed by atoms with Crippen molar-refractivity contribution in [2.75, 3.05) is 0 Å². The van der Waals surface area contributed by atoms with Gasteiger partial charge in [0.15, 0.2) is 0 Å². The van der Waals surface area contributed by atoms with Crippen LogP contribution in [0.3, 0.4) is 0 Å². The van der Waals surface area contributed by atoms with Crippen LogP contribution in [0.1, 0.15) is 42.1 Å². The van der Waals surface area contributed by atoms with Gasteiger partial charge < -0.3 is 9.84 Å². The zero-order valence-corrected chi connectivity index (χ0v) is 15.1. The summed E-state index contributed by atoms with van der Waals surface area (Å²) in [5.41, 5.74) is -5.84. The molecule has 0 aromatic heterocycles. The van der Waals surface area contributed by atoms with Gasteiger partial charge in [0.05, 0.1) is 22.6 Å². The molecule has 2 aromatic rings. The number of hydrogen-bond donors (Lipinski definition) is 1. The van der Waals surface area contributed by atoms with E-state index in [1.807, 2.05) is 0 Å². The predicted molar refractivity (Wildman–Crippen MR) is 88.9 cm³/mol. The van der Waals surface area contributed by atoms with Crippen LogP contribution < -0.4 is 4.74 Å². The molecule has 1 aliphatic carbocycles. The average molecular weight is 415 g/mol. The lowest BCUT2D eigenvalue weighted by Crippen LogP contribution is -2.25. The number of aliphatic hydroxyl groups excluding tert-OH is 1. The molecule has 0 saturated heterocycles. The van der Waals surface area contributed by atoms with Crippen molar-refractivity contribution in [3.63, 3.8) is 0 Å². The molecule has 3 rings (SSSR count). The van der Waals surface area contributed by atoms with E-state index >= 15 is 0 Å². The van der Waals surface area contributed by atoms with Crippen LogP contribution in [0.5, 0.6) is 11.5 Å². The van der Waals surface area contributed by atoms with E-state index < -0.39 is 38.1 Å². The third-order valence-corrected chi connectivity index (χ3v) is 5.98. The Bertz CT molecular complexity index is 1090. The monoisotopic (exact) mass is 415 g/mol. The molecule has 0 spiro atoms. The number of hydrogen-bond acceptors (Lipinski definition) is 5. The minimum atomic E-state index is -5.68. The van der Waals surface area contributed by atoms with E-state index in [0.717, 1.165) is 18.2 Å². The quantitative estimate of drug-likeness (QED) is 0.755. The van der Waals surface area contributed by atoms with E-state index in [2.05, 4.69) is 0 Å². The van der Waals surface area contributed by atoms with Gasteiger partial charge in [-0.3, -0.25) is 0 Å². The van der Waals surface area contributed by atoms with Gasteiger partial charge >= 0.3 is 5.51 Å². The van der Waals surface area contributed by atoms with Crippen molar-refractivity contribution < 1.29 is 35.8 Å². The Morgan fingerprint density at radius 3 is 2.50 bits per heavy atom. The molecule has 0 amide bonds. The van der Waals surface area contributed by atoms with Gasteiger partial charge in [-0.05, 0) is 36.6 Å². The number of nitriles is 1. The van der Waals surface area contributed by atoms with Crippen LogP contribution >= 0.6 is 0 Å². The molecule has 0 fully saturated rings. The lowest BCUT2D eigenvalue weighted by molar-refractivity contribution is -0.0437. The Morgan fingerprint density at radius 2 is 1.89 bits per heavy atom. The summed E-state index contributed by atoms with van der Waals surface area (Å²) in [7, 11) is -5.68. The minimum Gasteiger partial charge on any atom is -0.457 e. The Hall–Kier alpha value is -2.64. The number of halogens is 4. The molecule has 0 saturated carbocycles. The van der Waals surface area contributed by atoms with E-state index in [9.17, 15) is 31.1 Å². The van der Waals surface area contributed by atoms with Crippen molar-refractivity contribution >= 4 is 9.84 Å². The highest BCUT2D eigenvalue weighted by Crippen LogP contribution is 2.50. The van der Waals surface area contributed by atoms with E-state index in [-0.39, 0.29) is 34.6 Å². The maximum atomic E-state index is 13.6. The van der Waals surface area contributed by atoms with Gasteiger partial charge in [0.25, 0.3) is 9.84 Å². The van der Waals surface area contributed by atoms with E-state index in [1.165, 1.54) is 6.07 Å². The zero-order chi connectivity index (χ0) is 20.9. The maximum Gasteiger partial charge on any atom is 0.501 e. The molecule has 28 heavy (non-hydrogen) atoms. The van der Waals surface area contributed by atoms with Crippen molar-refractivity contribution in [1.29, 1.82) is 5.26 Å². The minimum absolute atomic E-state index is 0.00266. The molecule has 0 heterocycles. The van der Waals surface area contributed by atoms with Crippen LogP contribution in [0, 0.1) is 17.1 Å². The fourth-order valence-electron chi connectivity index (χ4n) is 3.28. The number of benzene rings is 2. The van der Waals surface area contributed by atoms with Crippen LogP contribution in [0.15, 0.2) is 35.2 Å². The summed E-state index contributed by atoms with van der Waals surface area (Å²) in [5, 5.41) is 19.1. The van der Waals surface area contributed by atoms with E-state index in [0.29, 0.717) is 6.07 Å². The lowest BCUT2D eigenvalue weighted by atomic mass is 10.0. The van der Waals surface area contributed by atoms with Gasteiger partial charge in [-0.1, -0.05) is 6.92 Å². The highest BCUT2D eigenvalue weighted by Gasteiger charge is 2.50. The Labute approximate surface area is 157 Å². The molecule has 148 valence electrons. The smallest absolute Gasteiger partial charge is 0.457 e. The molecular formula is C18H13F4NO4S. The molecule has 2 aromatic carbocycles. The number of alkyl halides is 3. The van der Waals surface area contributed by atoms with E-state index in [4.69, 9.17) is 10.00 Å². The predicted octanol–water partition coefficient (Wildman–Crippen LogP) is 4.32. The van der Waals surface area contributed by atoms with Crippen molar-refractivity contribution in [2.45, 2.75) is 35.8 Å². The third kappa shape index (κ3) is 3.31. The van der Waals surface area contributed by atoms with Crippen LogP contribution in [-0.2, 0) is 9.84 Å². The molecular weight excluding hydrogens is 402 g/mol. The van der Waals surface area contributed by atoms with Crippen molar-refractivity contribution in [1.82, 2.24) is 0 Å². The molecule has 2 atom stereocenters. The number of nitrogens with zero attached hydrogens (tertiary/aromatic N) is 1. The van der Waals surface area contributed by atoms with Crippen molar-refractivity contribution in [3.8, 4) is 17.6 Å². The molecule has 0 aliphatic heterocycles. The fraction of sp³-hybridized carbons (Fsp3) is 0.278. The summed E-state index contributed by atoms with van der Waals surface area (Å²) < 4.78 is 82.0. The van der Waals surface area contributed by atoms with Gasteiger partial charge in [0.1, 0.15) is 17.3 Å². The van der Waals surface area contributed by atoms with Gasteiger partial charge in [-0.25, -0.2) is 12.8 Å². The Balaban J connectivity index is 2.17. The molecule has 0 bridgehead atoms. The summed E-state index contributed by atoms with van der Waals surface area (Å²) in [6, 6.07) is 6.66. The van der Waals surface area contributed by atoms with Crippen LogP contribution in [0.4, 0.5) is 17.6 Å². The van der Waals surface area contributed by atoms with Gasteiger partial charge in [0.2, 0.25) is 0 Å². The number of sulfone groups is 1. The van der Waals surface area contributed by atoms with Gasteiger partial charge in [-0.2, -0.15) is 18.4 Å². The molecule has 1 N–H and O–H groups in total. The number of rotatable bonds is 3. The molecule has 1 aliphatic rings. The number of ether oxygens (including phenoxy) is 1. The van der Waals surface area contributed by atoms with Crippen LogP contribution in [0.25, 0.3) is 0 Å². The molecule has 0 radical (unpaired) electrons. The first-order valence-corrected chi connectivity index (χ1v) is 9.48. The SMILES string of the molecule is C[C@H]1C[C@@H](O)c2c(S(=O)(=O)C(F)(F)F)ccc(Oc3cc(F)cc(C#N)c3)c21. The fourth-order valence-corrected chi connectivity index (χ4v) is 4.31. The molecule has 10 heteroatoms. The zero-order valence-electron chi connectivity index (χ0n) is 14.3. The highest BCUT2D eigenvalue weighted by atomic mass is 32.2. The largest absolute Gasteiger partial charge is 0.501 e. The standard InChI is InChI=1S/C18H13F4NO4S/c1-9-4-13(24)17-15(28(25,26)18(20,21)22)3-2-14(16(9)17)27-12-6-10(8-23)5-11(19)7-12/h2-3,5-7,9,13,24H,4H2,1H3/t9-,13+/m0/s1. The maximum absolute atomic E-state index is 13.6. The molecule has 0 unspecified atom stereocenters. The third-order valence-electron chi connectivity index (χ3n) is 4.43. The molecule has 5 nitrogen and oxygen atoms in total. The first-order chi connectivity index (χ1) is 13.0. The second-order valence-corrected chi connectivity index (χ2v) is 8.29. The van der Waals surface area contributed by atoms with Crippen LogP contribution in [0.2, 0.25) is 0 Å².